The van der Waals surface area contributed by atoms with Crippen LogP contribution in [0.4, 0.5) is 10.1 Å². The van der Waals surface area contributed by atoms with Crippen molar-refractivity contribution in [1.29, 1.82) is 0 Å². The van der Waals surface area contributed by atoms with Gasteiger partial charge in [0.05, 0.1) is 30.8 Å². The molecule has 0 aliphatic rings. The van der Waals surface area contributed by atoms with Crippen LogP contribution in [-0.4, -0.2) is 35.1 Å². The van der Waals surface area contributed by atoms with E-state index in [-0.39, 0.29) is 27.8 Å². The van der Waals surface area contributed by atoms with Crippen LogP contribution in [0.5, 0.6) is 11.5 Å². The molecule has 0 saturated carbocycles. The number of benzene rings is 3. The van der Waals surface area contributed by atoms with Crippen molar-refractivity contribution in [3.05, 3.63) is 83.7 Å². The topological polar surface area (TPSA) is 84.9 Å². The highest BCUT2D eigenvalue weighted by atomic mass is 32.2. The van der Waals surface area contributed by atoms with Crippen LogP contribution in [0.25, 0.3) is 0 Å². The molecule has 0 fully saturated rings. The van der Waals surface area contributed by atoms with Gasteiger partial charge in [-0.3, -0.25) is 9.10 Å². The summed E-state index contributed by atoms with van der Waals surface area (Å²) in [6, 6.07) is 16.6. The Labute approximate surface area is 218 Å². The summed E-state index contributed by atoms with van der Waals surface area (Å²) in [6.45, 7) is 7.68. The predicted octanol–water partition coefficient (Wildman–Crippen LogP) is 5.21. The maximum Gasteiger partial charge on any atom is 0.264 e. The van der Waals surface area contributed by atoms with Crippen LogP contribution < -0.4 is 19.1 Å². The number of amides is 1. The second-order valence-electron chi connectivity index (χ2n) is 9.67. The first-order valence-electron chi connectivity index (χ1n) is 11.8. The minimum atomic E-state index is -4.23. The van der Waals surface area contributed by atoms with Crippen LogP contribution in [0.1, 0.15) is 44.9 Å². The largest absolute Gasteiger partial charge is 0.493 e. The van der Waals surface area contributed by atoms with Crippen LogP contribution in [0.15, 0.2) is 71.6 Å². The van der Waals surface area contributed by atoms with Crippen molar-refractivity contribution >= 4 is 21.6 Å². The molecule has 0 heterocycles. The van der Waals surface area contributed by atoms with Gasteiger partial charge in [0.2, 0.25) is 5.91 Å². The fourth-order valence-electron chi connectivity index (χ4n) is 3.80. The van der Waals surface area contributed by atoms with Gasteiger partial charge in [-0.05, 0) is 59.9 Å². The van der Waals surface area contributed by atoms with Crippen LogP contribution in [0.2, 0.25) is 0 Å². The maximum absolute atomic E-state index is 13.7. The highest BCUT2D eigenvalue weighted by Crippen LogP contribution is 2.32. The molecule has 0 saturated heterocycles. The molecule has 37 heavy (non-hydrogen) atoms. The molecule has 0 aliphatic carbocycles. The van der Waals surface area contributed by atoms with Gasteiger partial charge >= 0.3 is 0 Å². The van der Waals surface area contributed by atoms with E-state index in [1.165, 1.54) is 50.1 Å². The molecule has 7 nitrogen and oxygen atoms in total. The molecule has 1 unspecified atom stereocenters. The molecule has 0 bridgehead atoms. The molecule has 1 amide bonds. The summed E-state index contributed by atoms with van der Waals surface area (Å²) in [7, 11) is -1.39. The van der Waals surface area contributed by atoms with Crippen molar-refractivity contribution in [2.75, 3.05) is 25.1 Å². The summed E-state index contributed by atoms with van der Waals surface area (Å²) < 4.78 is 52.3. The molecule has 3 rings (SSSR count). The molecule has 0 aliphatic heterocycles. The fraction of sp³-hybridized carbons (Fsp3) is 0.321. The quantitative estimate of drug-likeness (QED) is 0.412. The van der Waals surface area contributed by atoms with Crippen molar-refractivity contribution in [3.8, 4) is 11.5 Å². The third-order valence-electron chi connectivity index (χ3n) is 6.00. The van der Waals surface area contributed by atoms with E-state index < -0.39 is 28.3 Å². The van der Waals surface area contributed by atoms with Crippen molar-refractivity contribution in [2.45, 2.75) is 44.0 Å². The number of nitrogens with one attached hydrogen (secondary N) is 1. The van der Waals surface area contributed by atoms with Gasteiger partial charge in [0.1, 0.15) is 12.4 Å². The van der Waals surface area contributed by atoms with Gasteiger partial charge in [-0.25, -0.2) is 12.8 Å². The molecule has 0 spiro atoms. The van der Waals surface area contributed by atoms with Gasteiger partial charge in [0, 0.05) is 6.07 Å². The summed E-state index contributed by atoms with van der Waals surface area (Å²) in [6.07, 6.45) is 0. The number of nitrogens with zero attached hydrogens (tertiary/aromatic N) is 1. The number of hydrogen-bond acceptors (Lipinski definition) is 5. The Morgan fingerprint density at radius 2 is 1.54 bits per heavy atom. The fourth-order valence-corrected chi connectivity index (χ4v) is 5.24. The summed E-state index contributed by atoms with van der Waals surface area (Å²) in [5, 5.41) is 2.87. The highest BCUT2D eigenvalue weighted by molar-refractivity contribution is 7.92. The van der Waals surface area contributed by atoms with E-state index in [2.05, 4.69) is 26.1 Å². The Hall–Kier alpha value is -3.59. The predicted molar refractivity (Wildman–Crippen MR) is 142 cm³/mol. The zero-order chi connectivity index (χ0) is 27.4. The zero-order valence-corrected chi connectivity index (χ0v) is 22.7. The van der Waals surface area contributed by atoms with Gasteiger partial charge in [-0.2, -0.15) is 0 Å². The summed E-state index contributed by atoms with van der Waals surface area (Å²) >= 11 is 0. The third-order valence-corrected chi connectivity index (χ3v) is 7.77. The molecule has 9 heteroatoms. The van der Waals surface area contributed by atoms with Gasteiger partial charge in [-0.1, -0.05) is 45.0 Å². The number of methoxy groups -OCH3 is 2. The Morgan fingerprint density at radius 1 is 0.946 bits per heavy atom. The molecule has 1 N–H and O–H groups in total. The molecular weight excluding hydrogens is 495 g/mol. The lowest BCUT2D eigenvalue weighted by atomic mass is 9.86. The van der Waals surface area contributed by atoms with Crippen molar-refractivity contribution in [1.82, 2.24) is 5.32 Å². The molecular formula is C28H33FN2O5S. The van der Waals surface area contributed by atoms with Crippen molar-refractivity contribution < 1.29 is 27.1 Å². The summed E-state index contributed by atoms with van der Waals surface area (Å²) in [4.78, 5) is 13.0. The van der Waals surface area contributed by atoms with E-state index in [1.807, 2.05) is 31.2 Å². The number of hydrogen-bond donors (Lipinski definition) is 1. The van der Waals surface area contributed by atoms with Gasteiger partial charge in [0.15, 0.2) is 11.5 Å². The van der Waals surface area contributed by atoms with Crippen molar-refractivity contribution in [3.63, 3.8) is 0 Å². The third kappa shape index (κ3) is 6.60. The highest BCUT2D eigenvalue weighted by Gasteiger charge is 2.29. The number of rotatable bonds is 9. The number of sulfonamides is 1. The number of halogens is 1. The average Bonchev–Trinajstić information content (AvgIpc) is 2.86. The Morgan fingerprint density at radius 3 is 2.08 bits per heavy atom. The lowest BCUT2D eigenvalue weighted by Gasteiger charge is -2.25. The van der Waals surface area contributed by atoms with Crippen LogP contribution in [0.3, 0.4) is 0 Å². The van der Waals surface area contributed by atoms with Crippen LogP contribution in [0, 0.1) is 5.82 Å². The van der Waals surface area contributed by atoms with E-state index in [4.69, 9.17) is 9.47 Å². The second-order valence-corrected chi connectivity index (χ2v) is 11.5. The Bertz CT molecular complexity index is 1330. The Balaban J connectivity index is 1.89. The molecule has 198 valence electrons. The normalized spacial score (nSPS) is 12.5. The zero-order valence-electron chi connectivity index (χ0n) is 21.9. The SMILES string of the molecule is COc1ccc(S(=O)(=O)N(CC(=O)NC(C)c2ccc(C(C)(C)C)cc2)c2ccc(F)cc2)cc1OC. The monoisotopic (exact) mass is 528 g/mol. The number of anilines is 1. The standard InChI is InChI=1S/C28H33FN2O5S/c1-19(20-7-9-21(10-8-20)28(2,3)4)30-27(32)18-31(23-13-11-22(29)12-14-23)37(33,34)24-15-16-25(35-5)26(17-24)36-6/h7-17,19H,18H2,1-6H3,(H,30,32). The minimum absolute atomic E-state index is 0.000821. The van der Waals surface area contributed by atoms with E-state index in [0.717, 1.165) is 22.0 Å². The molecule has 0 aromatic heterocycles. The van der Waals surface area contributed by atoms with E-state index in [9.17, 15) is 17.6 Å². The van der Waals surface area contributed by atoms with Crippen LogP contribution in [-0.2, 0) is 20.2 Å². The maximum atomic E-state index is 13.7. The average molecular weight is 529 g/mol. The summed E-state index contributed by atoms with van der Waals surface area (Å²) in [5.41, 5.74) is 2.20. The van der Waals surface area contributed by atoms with Gasteiger partial charge < -0.3 is 14.8 Å². The van der Waals surface area contributed by atoms with E-state index in [1.54, 1.807) is 0 Å². The lowest BCUT2D eigenvalue weighted by molar-refractivity contribution is -0.120. The van der Waals surface area contributed by atoms with E-state index >= 15 is 0 Å². The van der Waals surface area contributed by atoms with Gasteiger partial charge in [-0.15, -0.1) is 0 Å². The molecule has 0 radical (unpaired) electrons. The first-order valence-corrected chi connectivity index (χ1v) is 13.2. The first-order chi connectivity index (χ1) is 17.4. The van der Waals surface area contributed by atoms with E-state index in [0.29, 0.717) is 5.75 Å². The number of carbonyl (C=O) groups is 1. The van der Waals surface area contributed by atoms with Gasteiger partial charge in [0.25, 0.3) is 10.0 Å². The first kappa shape index (κ1) is 28.0. The number of ether oxygens (including phenoxy) is 2. The van der Waals surface area contributed by atoms with Crippen LogP contribution >= 0.6 is 0 Å². The Kier molecular flexibility index (Phi) is 8.48. The smallest absolute Gasteiger partial charge is 0.264 e. The van der Waals surface area contributed by atoms with Crippen molar-refractivity contribution in [2.24, 2.45) is 0 Å². The molecule has 1 atom stereocenters. The minimum Gasteiger partial charge on any atom is -0.493 e. The molecule has 3 aromatic carbocycles. The molecule has 3 aromatic rings. The second kappa shape index (κ2) is 11.2. The lowest BCUT2D eigenvalue weighted by Crippen LogP contribution is -2.41. The summed E-state index contributed by atoms with van der Waals surface area (Å²) in [5.74, 6) is -0.456. The number of carbonyl (C=O) groups excluding carboxylic acids is 1.